The first-order chi connectivity index (χ1) is 9.20. The zero-order valence-corrected chi connectivity index (χ0v) is 10.7. The van der Waals surface area contributed by atoms with Gasteiger partial charge in [-0.3, -0.25) is 19.9 Å². The highest BCUT2D eigenvalue weighted by Crippen LogP contribution is 2.13. The van der Waals surface area contributed by atoms with Gasteiger partial charge in [-0.1, -0.05) is 23.9 Å². The van der Waals surface area contributed by atoms with Crippen LogP contribution in [0.1, 0.15) is 5.56 Å². The van der Waals surface area contributed by atoms with Gasteiger partial charge in [0, 0.05) is 5.75 Å². The smallest absolute Gasteiger partial charge is 0.315 e. The number of rotatable bonds is 1. The second-order valence-corrected chi connectivity index (χ2v) is 4.68. The van der Waals surface area contributed by atoms with Gasteiger partial charge in [-0.05, 0) is 12.1 Å². The Morgan fingerprint density at radius 3 is 2.68 bits per heavy atom. The van der Waals surface area contributed by atoms with Crippen molar-refractivity contribution in [1.82, 2.24) is 5.32 Å². The SMILES string of the molecule is N#Cc1ccccc1NC(=O)C(=O)NC1=NCCS1. The number of benzene rings is 1. The van der Waals surface area contributed by atoms with Crippen LogP contribution in [0, 0.1) is 11.3 Å². The van der Waals surface area contributed by atoms with E-state index in [1.807, 2.05) is 6.07 Å². The zero-order valence-electron chi connectivity index (χ0n) is 9.84. The molecule has 1 aliphatic rings. The summed E-state index contributed by atoms with van der Waals surface area (Å²) in [5.41, 5.74) is 0.613. The Balaban J connectivity index is 2.00. The van der Waals surface area contributed by atoms with Crippen LogP contribution in [-0.2, 0) is 9.59 Å². The molecule has 0 saturated heterocycles. The van der Waals surface area contributed by atoms with Crippen molar-refractivity contribution in [3.05, 3.63) is 29.8 Å². The summed E-state index contributed by atoms with van der Waals surface area (Å²) >= 11 is 1.39. The van der Waals surface area contributed by atoms with Crippen molar-refractivity contribution in [1.29, 1.82) is 5.26 Å². The van der Waals surface area contributed by atoms with Gasteiger partial charge in [0.25, 0.3) is 0 Å². The minimum Gasteiger partial charge on any atom is -0.317 e. The number of hydrogen-bond acceptors (Lipinski definition) is 5. The lowest BCUT2D eigenvalue weighted by Gasteiger charge is -2.06. The molecule has 1 aromatic rings. The van der Waals surface area contributed by atoms with Crippen molar-refractivity contribution in [3.8, 4) is 6.07 Å². The monoisotopic (exact) mass is 274 g/mol. The second-order valence-electron chi connectivity index (χ2n) is 3.60. The van der Waals surface area contributed by atoms with Gasteiger partial charge in [-0.25, -0.2) is 0 Å². The number of para-hydroxylation sites is 1. The van der Waals surface area contributed by atoms with Gasteiger partial charge in [0.2, 0.25) is 0 Å². The molecule has 0 fully saturated rings. The number of hydrogen-bond donors (Lipinski definition) is 2. The van der Waals surface area contributed by atoms with Gasteiger partial charge in [0.05, 0.1) is 17.8 Å². The topological polar surface area (TPSA) is 94.4 Å². The first-order valence-corrected chi connectivity index (χ1v) is 6.48. The van der Waals surface area contributed by atoms with Crippen LogP contribution in [-0.4, -0.2) is 29.3 Å². The summed E-state index contributed by atoms with van der Waals surface area (Å²) < 4.78 is 0. The van der Waals surface area contributed by atoms with Gasteiger partial charge in [0.1, 0.15) is 6.07 Å². The second kappa shape index (κ2) is 6.02. The van der Waals surface area contributed by atoms with Gasteiger partial charge < -0.3 is 5.32 Å². The lowest BCUT2D eigenvalue weighted by Crippen LogP contribution is -2.37. The largest absolute Gasteiger partial charge is 0.317 e. The molecule has 0 bridgehead atoms. The lowest BCUT2D eigenvalue weighted by molar-refractivity contribution is -0.135. The highest BCUT2D eigenvalue weighted by Gasteiger charge is 2.18. The Morgan fingerprint density at radius 1 is 1.26 bits per heavy atom. The number of nitrogens with one attached hydrogen (secondary N) is 2. The average molecular weight is 274 g/mol. The van der Waals surface area contributed by atoms with Crippen LogP contribution in [0.25, 0.3) is 0 Å². The van der Waals surface area contributed by atoms with Crippen LogP contribution in [0.2, 0.25) is 0 Å². The summed E-state index contributed by atoms with van der Waals surface area (Å²) in [4.78, 5) is 27.3. The number of amides is 2. The summed E-state index contributed by atoms with van der Waals surface area (Å²) in [7, 11) is 0. The Morgan fingerprint density at radius 2 is 2.00 bits per heavy atom. The van der Waals surface area contributed by atoms with E-state index in [4.69, 9.17) is 5.26 Å². The number of thioether (sulfide) groups is 1. The maximum absolute atomic E-state index is 11.7. The number of anilines is 1. The van der Waals surface area contributed by atoms with E-state index in [-0.39, 0.29) is 0 Å². The van der Waals surface area contributed by atoms with Crippen molar-refractivity contribution in [3.63, 3.8) is 0 Å². The van der Waals surface area contributed by atoms with Crippen molar-refractivity contribution in [2.24, 2.45) is 4.99 Å². The molecule has 0 aliphatic carbocycles. The highest BCUT2D eigenvalue weighted by molar-refractivity contribution is 8.14. The number of carbonyl (C=O) groups is 2. The standard InChI is InChI=1S/C12H10N4O2S/c13-7-8-3-1-2-4-9(8)15-10(17)11(18)16-12-14-5-6-19-12/h1-4H,5-6H2,(H,15,17)(H,14,16,18). The Labute approximate surface area is 113 Å². The van der Waals surface area contributed by atoms with Crippen LogP contribution in [0.4, 0.5) is 5.69 Å². The number of aliphatic imine (C=N–C) groups is 1. The molecule has 1 heterocycles. The molecule has 1 aliphatic heterocycles. The summed E-state index contributed by atoms with van der Waals surface area (Å²) in [6.45, 7) is 0.638. The summed E-state index contributed by atoms with van der Waals surface area (Å²) in [5, 5.41) is 14.1. The molecule has 0 saturated carbocycles. The summed E-state index contributed by atoms with van der Waals surface area (Å²) in [5.74, 6) is -0.812. The van der Waals surface area contributed by atoms with Crippen LogP contribution in [0.3, 0.4) is 0 Å². The minimum atomic E-state index is -0.821. The van der Waals surface area contributed by atoms with Gasteiger partial charge in [-0.15, -0.1) is 0 Å². The van der Waals surface area contributed by atoms with Crippen molar-refractivity contribution in [2.45, 2.75) is 0 Å². The molecule has 0 radical (unpaired) electrons. The molecule has 7 heteroatoms. The molecule has 2 N–H and O–H groups in total. The first kappa shape index (κ1) is 13.1. The lowest BCUT2D eigenvalue weighted by atomic mass is 10.2. The molecule has 1 aromatic carbocycles. The van der Waals surface area contributed by atoms with Crippen molar-refractivity contribution < 1.29 is 9.59 Å². The molecule has 0 unspecified atom stereocenters. The third-order valence-corrected chi connectivity index (χ3v) is 3.20. The number of nitrogens with zero attached hydrogens (tertiary/aromatic N) is 2. The quantitative estimate of drug-likeness (QED) is 0.738. The van der Waals surface area contributed by atoms with Crippen LogP contribution in [0.5, 0.6) is 0 Å². The van der Waals surface area contributed by atoms with E-state index >= 15 is 0 Å². The fraction of sp³-hybridized carbons (Fsp3) is 0.167. The molecule has 96 valence electrons. The Bertz CT molecular complexity index is 592. The highest BCUT2D eigenvalue weighted by atomic mass is 32.2. The third kappa shape index (κ3) is 3.33. The predicted molar refractivity (Wildman–Crippen MR) is 72.7 cm³/mol. The fourth-order valence-electron chi connectivity index (χ4n) is 1.43. The molecule has 2 rings (SSSR count). The van der Waals surface area contributed by atoms with E-state index in [0.717, 1.165) is 5.75 Å². The molecular weight excluding hydrogens is 264 g/mol. The summed E-state index contributed by atoms with van der Waals surface area (Å²) in [6.07, 6.45) is 0. The molecule has 0 spiro atoms. The Hall–Kier alpha value is -2.33. The van der Waals surface area contributed by atoms with Crippen molar-refractivity contribution >= 4 is 34.4 Å². The summed E-state index contributed by atoms with van der Waals surface area (Å²) in [6, 6.07) is 8.41. The van der Waals surface area contributed by atoms with Crippen LogP contribution >= 0.6 is 11.8 Å². The first-order valence-electron chi connectivity index (χ1n) is 5.49. The van der Waals surface area contributed by atoms with Gasteiger partial charge in [-0.2, -0.15) is 5.26 Å². The number of amidine groups is 1. The van der Waals surface area contributed by atoms with Gasteiger partial charge >= 0.3 is 11.8 Å². The third-order valence-electron chi connectivity index (χ3n) is 2.31. The molecule has 0 atom stereocenters. The van der Waals surface area contributed by atoms with Gasteiger partial charge in [0.15, 0.2) is 5.17 Å². The van der Waals surface area contributed by atoms with E-state index in [2.05, 4.69) is 15.6 Å². The average Bonchev–Trinajstić information content (AvgIpc) is 2.92. The maximum atomic E-state index is 11.7. The predicted octanol–water partition coefficient (Wildman–Crippen LogP) is 0.716. The molecule has 6 nitrogen and oxygen atoms in total. The minimum absolute atomic E-state index is 0.302. The van der Waals surface area contributed by atoms with E-state index in [9.17, 15) is 9.59 Å². The normalized spacial score (nSPS) is 13.3. The maximum Gasteiger partial charge on any atom is 0.315 e. The van der Waals surface area contributed by atoms with Crippen molar-refractivity contribution in [2.75, 3.05) is 17.6 Å². The molecule has 0 aromatic heterocycles. The number of carbonyl (C=O) groups excluding carboxylic acids is 2. The van der Waals surface area contributed by atoms with E-state index in [1.54, 1.807) is 24.3 Å². The van der Waals surface area contributed by atoms with E-state index in [0.29, 0.717) is 23.0 Å². The Kier molecular flexibility index (Phi) is 4.15. The van der Waals surface area contributed by atoms with E-state index in [1.165, 1.54) is 11.8 Å². The fourth-order valence-corrected chi connectivity index (χ4v) is 2.16. The molecular formula is C12H10N4O2S. The van der Waals surface area contributed by atoms with Crippen LogP contribution < -0.4 is 10.6 Å². The van der Waals surface area contributed by atoms with E-state index < -0.39 is 11.8 Å². The number of nitriles is 1. The molecule has 19 heavy (non-hydrogen) atoms. The van der Waals surface area contributed by atoms with Crippen LogP contribution in [0.15, 0.2) is 29.3 Å². The molecule has 2 amide bonds. The zero-order chi connectivity index (χ0) is 13.7.